The number of fused-ring (bicyclic) bond motifs is 12. The molecule has 14 aromatic rings. The SMILES string of the molecule is c1ccc(-c2cccc(-c3nc(-c4ccc5c(c4)oc4ccccc45)nc(-c4cc(-n5c6ccccc6c6cc7ccccc7cc65)c5oc6c7ccccc7ccc6c5c4)n3)c2)cc1. The molecule has 14 rings (SSSR count). The summed E-state index contributed by atoms with van der Waals surface area (Å²) in [5.74, 6) is 1.66. The molecule has 0 aliphatic carbocycles. The molecule has 0 spiro atoms. The average molecular weight is 831 g/mol. The highest BCUT2D eigenvalue weighted by Gasteiger charge is 2.23. The zero-order valence-electron chi connectivity index (χ0n) is 34.7. The van der Waals surface area contributed by atoms with Crippen molar-refractivity contribution in [2.75, 3.05) is 0 Å². The minimum absolute atomic E-state index is 0.546. The van der Waals surface area contributed by atoms with Gasteiger partial charge in [0.05, 0.1) is 16.7 Å². The summed E-state index contributed by atoms with van der Waals surface area (Å²) in [5.41, 5.74) is 11.1. The molecule has 0 fully saturated rings. The first-order valence-corrected chi connectivity index (χ1v) is 21.8. The maximum absolute atomic E-state index is 7.12. The van der Waals surface area contributed by atoms with Crippen LogP contribution in [-0.4, -0.2) is 19.5 Å². The van der Waals surface area contributed by atoms with Crippen molar-refractivity contribution in [3.05, 3.63) is 206 Å². The highest BCUT2D eigenvalue weighted by molar-refractivity contribution is 6.19. The number of hydrogen-bond acceptors (Lipinski definition) is 5. The van der Waals surface area contributed by atoms with Crippen molar-refractivity contribution in [3.63, 3.8) is 0 Å². The van der Waals surface area contributed by atoms with Crippen LogP contribution in [0.5, 0.6) is 0 Å². The van der Waals surface area contributed by atoms with Gasteiger partial charge >= 0.3 is 0 Å². The summed E-state index contributed by atoms with van der Waals surface area (Å²) in [6, 6.07) is 72.2. The fourth-order valence-corrected chi connectivity index (χ4v) is 9.89. The monoisotopic (exact) mass is 830 g/mol. The van der Waals surface area contributed by atoms with Gasteiger partial charge in [0.2, 0.25) is 0 Å². The van der Waals surface area contributed by atoms with E-state index >= 15 is 0 Å². The lowest BCUT2D eigenvalue weighted by Crippen LogP contribution is -2.01. The molecule has 0 atom stereocenters. The molecule has 302 valence electrons. The van der Waals surface area contributed by atoms with E-state index in [9.17, 15) is 0 Å². The second kappa shape index (κ2) is 13.8. The second-order valence-corrected chi connectivity index (χ2v) is 16.8. The Morgan fingerprint density at radius 3 is 1.77 bits per heavy atom. The molecule has 0 aliphatic heterocycles. The zero-order chi connectivity index (χ0) is 42.6. The molecular weight excluding hydrogens is 797 g/mol. The number of benzene rings is 10. The Morgan fingerprint density at radius 2 is 0.923 bits per heavy atom. The molecule has 4 aromatic heterocycles. The normalized spacial score (nSPS) is 12.0. The van der Waals surface area contributed by atoms with Crippen LogP contribution in [0, 0.1) is 0 Å². The number of aromatic nitrogens is 4. The van der Waals surface area contributed by atoms with Crippen LogP contribution in [0.25, 0.3) is 138 Å². The molecule has 65 heavy (non-hydrogen) atoms. The molecule has 4 heterocycles. The van der Waals surface area contributed by atoms with Crippen molar-refractivity contribution in [2.24, 2.45) is 0 Å². The minimum atomic E-state index is 0.546. The van der Waals surface area contributed by atoms with Crippen LogP contribution in [0.15, 0.2) is 215 Å². The van der Waals surface area contributed by atoms with E-state index in [-0.39, 0.29) is 0 Å². The zero-order valence-corrected chi connectivity index (χ0v) is 34.7. The molecule has 0 amide bonds. The molecule has 10 aromatic carbocycles. The molecule has 0 bridgehead atoms. The summed E-state index contributed by atoms with van der Waals surface area (Å²) < 4.78 is 15.9. The Hall–Kier alpha value is -8.87. The third-order valence-corrected chi connectivity index (χ3v) is 13.0. The third kappa shape index (κ3) is 5.57. The van der Waals surface area contributed by atoms with E-state index in [1.165, 1.54) is 10.8 Å². The summed E-state index contributed by atoms with van der Waals surface area (Å²) in [6.07, 6.45) is 0. The topological polar surface area (TPSA) is 69.9 Å². The fourth-order valence-electron chi connectivity index (χ4n) is 9.89. The van der Waals surface area contributed by atoms with E-state index in [2.05, 4.69) is 180 Å². The van der Waals surface area contributed by atoms with Gasteiger partial charge in [-0.05, 0) is 87.9 Å². The quantitative estimate of drug-likeness (QED) is 0.173. The lowest BCUT2D eigenvalue weighted by Gasteiger charge is -2.13. The molecule has 0 radical (unpaired) electrons. The maximum Gasteiger partial charge on any atom is 0.164 e. The highest BCUT2D eigenvalue weighted by atomic mass is 16.3. The number of furan rings is 2. The van der Waals surface area contributed by atoms with Crippen molar-refractivity contribution in [1.82, 2.24) is 19.5 Å². The van der Waals surface area contributed by atoms with Crippen LogP contribution < -0.4 is 0 Å². The van der Waals surface area contributed by atoms with E-state index < -0.39 is 0 Å². The summed E-state index contributed by atoms with van der Waals surface area (Å²) >= 11 is 0. The van der Waals surface area contributed by atoms with Crippen LogP contribution >= 0.6 is 0 Å². The number of nitrogens with zero attached hydrogens (tertiary/aromatic N) is 4. The molecular formula is C59H34N4O2. The van der Waals surface area contributed by atoms with Crippen molar-refractivity contribution >= 4 is 87.2 Å². The van der Waals surface area contributed by atoms with Crippen molar-refractivity contribution in [3.8, 4) is 51.0 Å². The number of para-hydroxylation sites is 2. The van der Waals surface area contributed by atoms with Gasteiger partial charge in [0.15, 0.2) is 23.1 Å². The van der Waals surface area contributed by atoms with E-state index in [1.807, 2.05) is 30.3 Å². The first-order valence-electron chi connectivity index (χ1n) is 21.8. The first kappa shape index (κ1) is 35.7. The van der Waals surface area contributed by atoms with Gasteiger partial charge in [0.1, 0.15) is 16.7 Å². The molecule has 0 unspecified atom stereocenters. The predicted octanol–water partition coefficient (Wildman–Crippen LogP) is 15.7. The van der Waals surface area contributed by atoms with Gasteiger partial charge in [-0.25, -0.2) is 15.0 Å². The Balaban J connectivity index is 1.07. The average Bonchev–Trinajstić information content (AvgIpc) is 4.05. The van der Waals surface area contributed by atoms with Gasteiger partial charge in [-0.3, -0.25) is 0 Å². The lowest BCUT2D eigenvalue weighted by atomic mass is 10.0. The fraction of sp³-hybridized carbons (Fsp3) is 0. The summed E-state index contributed by atoms with van der Waals surface area (Å²) in [4.78, 5) is 15.9. The summed E-state index contributed by atoms with van der Waals surface area (Å²) in [5, 5.41) is 11.0. The molecule has 0 saturated carbocycles. The first-order chi connectivity index (χ1) is 32.2. The molecule has 0 saturated heterocycles. The van der Waals surface area contributed by atoms with Gasteiger partial charge in [0.25, 0.3) is 0 Å². The standard InChI is InChI=1S/C59H34N4O2/c1-2-13-35(14-3-1)37-18-12-19-40(29-37)57-60-58(41-26-27-46-45-22-9-11-24-53(45)64-54(46)34-41)62-59(61-57)42-31-49-47-28-25-36-15-6-7-20-43(36)55(47)65-56(49)52(33-42)63-50-23-10-8-21-44(50)48-30-38-16-4-5-17-39(38)32-51(48)63/h1-34H. The third-order valence-electron chi connectivity index (χ3n) is 13.0. The van der Waals surface area contributed by atoms with E-state index in [4.69, 9.17) is 23.8 Å². The summed E-state index contributed by atoms with van der Waals surface area (Å²) in [6.45, 7) is 0. The van der Waals surface area contributed by atoms with Gasteiger partial charge in [-0.1, -0.05) is 146 Å². The van der Waals surface area contributed by atoms with E-state index in [0.717, 1.165) is 110 Å². The van der Waals surface area contributed by atoms with Crippen LogP contribution in [-0.2, 0) is 0 Å². The van der Waals surface area contributed by atoms with Gasteiger partial charge in [-0.2, -0.15) is 0 Å². The Labute approximate surface area is 371 Å². The number of hydrogen-bond donors (Lipinski definition) is 0. The molecule has 6 nitrogen and oxygen atoms in total. The van der Waals surface area contributed by atoms with Crippen molar-refractivity contribution in [1.29, 1.82) is 0 Å². The predicted molar refractivity (Wildman–Crippen MR) is 265 cm³/mol. The van der Waals surface area contributed by atoms with Crippen molar-refractivity contribution in [2.45, 2.75) is 0 Å². The Morgan fingerprint density at radius 1 is 0.292 bits per heavy atom. The lowest BCUT2D eigenvalue weighted by molar-refractivity contribution is 0.669. The van der Waals surface area contributed by atoms with Crippen LogP contribution in [0.1, 0.15) is 0 Å². The van der Waals surface area contributed by atoms with Gasteiger partial charge < -0.3 is 13.4 Å². The van der Waals surface area contributed by atoms with Crippen molar-refractivity contribution < 1.29 is 8.83 Å². The van der Waals surface area contributed by atoms with Gasteiger partial charge in [0, 0.05) is 54.4 Å². The summed E-state index contributed by atoms with van der Waals surface area (Å²) in [7, 11) is 0. The maximum atomic E-state index is 7.12. The Bertz CT molecular complexity index is 4250. The largest absolute Gasteiger partial charge is 0.456 e. The van der Waals surface area contributed by atoms with Gasteiger partial charge in [-0.15, -0.1) is 0 Å². The van der Waals surface area contributed by atoms with E-state index in [0.29, 0.717) is 17.5 Å². The molecule has 0 aliphatic rings. The van der Waals surface area contributed by atoms with Crippen LogP contribution in [0.4, 0.5) is 0 Å². The molecule has 6 heteroatoms. The van der Waals surface area contributed by atoms with Crippen LogP contribution in [0.2, 0.25) is 0 Å². The Kier molecular flexibility index (Phi) is 7.59. The van der Waals surface area contributed by atoms with E-state index in [1.54, 1.807) is 0 Å². The molecule has 0 N–H and O–H groups in total. The van der Waals surface area contributed by atoms with Crippen LogP contribution in [0.3, 0.4) is 0 Å². The minimum Gasteiger partial charge on any atom is -0.456 e. The highest BCUT2D eigenvalue weighted by Crippen LogP contribution is 2.43. The number of rotatable bonds is 5. The smallest absolute Gasteiger partial charge is 0.164 e. The second-order valence-electron chi connectivity index (χ2n) is 16.8.